The molecule has 1 amide bonds. The maximum Gasteiger partial charge on any atom is 0.328 e. The van der Waals surface area contributed by atoms with Crippen LogP contribution in [0.4, 0.5) is 11.4 Å². The highest BCUT2D eigenvalue weighted by Gasteiger charge is 2.25. The van der Waals surface area contributed by atoms with Crippen molar-refractivity contribution in [2.75, 3.05) is 31.8 Å². The van der Waals surface area contributed by atoms with Gasteiger partial charge in [-0.1, -0.05) is 13.8 Å². The summed E-state index contributed by atoms with van der Waals surface area (Å²) in [4.78, 5) is 25.8. The minimum absolute atomic E-state index is 0.0696. The summed E-state index contributed by atoms with van der Waals surface area (Å²) >= 11 is 0. The van der Waals surface area contributed by atoms with E-state index in [1.54, 1.807) is 18.2 Å². The molecular weight excluding hydrogens is 270 g/mol. The lowest BCUT2D eigenvalue weighted by Gasteiger charge is -2.20. The van der Waals surface area contributed by atoms with Crippen LogP contribution in [-0.4, -0.2) is 39.1 Å². The van der Waals surface area contributed by atoms with Gasteiger partial charge >= 0.3 is 5.97 Å². The lowest BCUT2D eigenvalue weighted by molar-refractivity contribution is -0.144. The van der Waals surface area contributed by atoms with Gasteiger partial charge in [0.1, 0.15) is 6.04 Å². The van der Waals surface area contributed by atoms with Crippen molar-refractivity contribution in [3.8, 4) is 0 Å². The minimum Gasteiger partial charge on any atom is -0.467 e. The second-order valence-corrected chi connectivity index (χ2v) is 5.39. The van der Waals surface area contributed by atoms with Gasteiger partial charge in [-0.15, -0.1) is 0 Å². The second-order valence-electron chi connectivity index (χ2n) is 5.39. The van der Waals surface area contributed by atoms with Crippen LogP contribution in [0.1, 0.15) is 24.2 Å². The molecular formula is C15H23N3O3. The third kappa shape index (κ3) is 4.11. The number of nitrogens with zero attached hydrogens (tertiary/aromatic N) is 1. The Morgan fingerprint density at radius 2 is 1.90 bits per heavy atom. The van der Waals surface area contributed by atoms with Gasteiger partial charge in [0.15, 0.2) is 0 Å². The number of hydrogen-bond donors (Lipinski definition) is 2. The van der Waals surface area contributed by atoms with Gasteiger partial charge in [0, 0.05) is 19.7 Å². The summed E-state index contributed by atoms with van der Waals surface area (Å²) in [7, 11) is 5.04. The first kappa shape index (κ1) is 16.8. The van der Waals surface area contributed by atoms with Crippen molar-refractivity contribution >= 4 is 23.3 Å². The number of ether oxygens (including phenoxy) is 1. The lowest BCUT2D eigenvalue weighted by atomic mass is 10.0. The van der Waals surface area contributed by atoms with Crippen molar-refractivity contribution in [1.29, 1.82) is 0 Å². The zero-order valence-electron chi connectivity index (χ0n) is 13.1. The molecule has 1 aromatic rings. The van der Waals surface area contributed by atoms with E-state index in [0.29, 0.717) is 11.3 Å². The Morgan fingerprint density at radius 3 is 2.33 bits per heavy atom. The largest absolute Gasteiger partial charge is 0.467 e. The van der Waals surface area contributed by atoms with Gasteiger partial charge in [-0.2, -0.15) is 0 Å². The summed E-state index contributed by atoms with van der Waals surface area (Å²) in [5.41, 5.74) is 7.67. The molecule has 0 bridgehead atoms. The Balaban J connectivity index is 2.93. The SMILES string of the molecule is COC(=O)C(NC(=O)c1ccc(N(C)C)c(N)c1)C(C)C. The zero-order valence-corrected chi connectivity index (χ0v) is 13.1. The number of benzene rings is 1. The maximum absolute atomic E-state index is 12.2. The third-order valence-electron chi connectivity index (χ3n) is 3.18. The molecule has 116 valence electrons. The molecule has 1 aromatic carbocycles. The van der Waals surface area contributed by atoms with E-state index in [2.05, 4.69) is 5.32 Å². The van der Waals surface area contributed by atoms with Crippen LogP contribution >= 0.6 is 0 Å². The van der Waals surface area contributed by atoms with E-state index in [-0.39, 0.29) is 11.8 Å². The van der Waals surface area contributed by atoms with Gasteiger partial charge in [0.25, 0.3) is 5.91 Å². The van der Waals surface area contributed by atoms with E-state index in [1.165, 1.54) is 7.11 Å². The first-order valence-corrected chi connectivity index (χ1v) is 6.73. The first-order valence-electron chi connectivity index (χ1n) is 6.73. The van der Waals surface area contributed by atoms with Gasteiger partial charge < -0.3 is 20.7 Å². The summed E-state index contributed by atoms with van der Waals surface area (Å²) in [6, 6.07) is 4.36. The van der Waals surface area contributed by atoms with Crippen LogP contribution in [-0.2, 0) is 9.53 Å². The van der Waals surface area contributed by atoms with E-state index in [4.69, 9.17) is 10.5 Å². The van der Waals surface area contributed by atoms with Gasteiger partial charge in [0.2, 0.25) is 0 Å². The van der Waals surface area contributed by atoms with Gasteiger partial charge in [0.05, 0.1) is 18.5 Å². The Bertz CT molecular complexity index is 527. The van der Waals surface area contributed by atoms with Crippen LogP contribution in [0.2, 0.25) is 0 Å². The van der Waals surface area contributed by atoms with Crippen molar-refractivity contribution in [2.45, 2.75) is 19.9 Å². The van der Waals surface area contributed by atoms with Crippen LogP contribution in [0.3, 0.4) is 0 Å². The number of anilines is 2. The quantitative estimate of drug-likeness (QED) is 0.630. The van der Waals surface area contributed by atoms with E-state index in [0.717, 1.165) is 5.69 Å². The Hall–Kier alpha value is -2.24. The molecule has 0 aliphatic carbocycles. The molecule has 3 N–H and O–H groups in total. The third-order valence-corrected chi connectivity index (χ3v) is 3.18. The number of hydrogen-bond acceptors (Lipinski definition) is 5. The van der Waals surface area contributed by atoms with Crippen molar-refractivity contribution in [3.05, 3.63) is 23.8 Å². The molecule has 0 aliphatic rings. The molecule has 1 unspecified atom stereocenters. The minimum atomic E-state index is -0.683. The summed E-state index contributed by atoms with van der Waals surface area (Å²) < 4.78 is 4.70. The molecule has 0 saturated carbocycles. The first-order chi connectivity index (χ1) is 9.77. The summed E-state index contributed by atoms with van der Waals surface area (Å²) in [6.07, 6.45) is 0. The summed E-state index contributed by atoms with van der Waals surface area (Å²) in [5.74, 6) is -0.882. The van der Waals surface area contributed by atoms with E-state index >= 15 is 0 Å². The number of esters is 1. The molecule has 1 rings (SSSR count). The number of amides is 1. The number of nitrogens with two attached hydrogens (primary N) is 1. The van der Waals surface area contributed by atoms with E-state index < -0.39 is 12.0 Å². The smallest absolute Gasteiger partial charge is 0.328 e. The summed E-state index contributed by atoms with van der Waals surface area (Å²) in [6.45, 7) is 3.68. The predicted octanol–water partition coefficient (Wildman–Crippen LogP) is 1.26. The molecule has 0 aliphatic heterocycles. The predicted molar refractivity (Wildman–Crippen MR) is 83.3 cm³/mol. The van der Waals surface area contributed by atoms with Crippen LogP contribution in [0.5, 0.6) is 0 Å². The van der Waals surface area contributed by atoms with Crippen molar-refractivity contribution < 1.29 is 14.3 Å². The molecule has 0 radical (unpaired) electrons. The van der Waals surface area contributed by atoms with Crippen molar-refractivity contribution in [3.63, 3.8) is 0 Å². The Morgan fingerprint density at radius 1 is 1.29 bits per heavy atom. The average Bonchev–Trinajstić information content (AvgIpc) is 2.42. The van der Waals surface area contributed by atoms with Gasteiger partial charge in [-0.25, -0.2) is 4.79 Å². The standard InChI is InChI=1S/C15H23N3O3/c1-9(2)13(15(20)21-5)17-14(19)10-6-7-12(18(3)4)11(16)8-10/h6-9,13H,16H2,1-5H3,(H,17,19). The molecule has 6 nitrogen and oxygen atoms in total. The number of carbonyl (C=O) groups is 2. The molecule has 0 spiro atoms. The zero-order chi connectivity index (χ0) is 16.2. The van der Waals surface area contributed by atoms with Gasteiger partial charge in [-0.3, -0.25) is 4.79 Å². The highest BCUT2D eigenvalue weighted by molar-refractivity contribution is 5.98. The van der Waals surface area contributed by atoms with Crippen LogP contribution < -0.4 is 16.0 Å². The van der Waals surface area contributed by atoms with E-state index in [1.807, 2.05) is 32.8 Å². The number of nitrogen functional groups attached to an aromatic ring is 1. The number of carbonyl (C=O) groups excluding carboxylic acids is 2. The molecule has 0 fully saturated rings. The lowest BCUT2D eigenvalue weighted by Crippen LogP contribution is -2.45. The Kier molecular flexibility index (Phi) is 5.58. The fourth-order valence-corrected chi connectivity index (χ4v) is 1.95. The molecule has 21 heavy (non-hydrogen) atoms. The van der Waals surface area contributed by atoms with E-state index in [9.17, 15) is 9.59 Å². The van der Waals surface area contributed by atoms with Crippen LogP contribution in [0.25, 0.3) is 0 Å². The number of rotatable bonds is 5. The van der Waals surface area contributed by atoms with Crippen LogP contribution in [0, 0.1) is 5.92 Å². The topological polar surface area (TPSA) is 84.7 Å². The number of nitrogens with one attached hydrogen (secondary N) is 1. The molecule has 1 atom stereocenters. The van der Waals surface area contributed by atoms with Crippen molar-refractivity contribution in [2.24, 2.45) is 5.92 Å². The molecule has 0 aromatic heterocycles. The second kappa shape index (κ2) is 6.97. The molecule has 0 saturated heterocycles. The fraction of sp³-hybridized carbons (Fsp3) is 0.467. The fourth-order valence-electron chi connectivity index (χ4n) is 1.95. The van der Waals surface area contributed by atoms with Crippen LogP contribution in [0.15, 0.2) is 18.2 Å². The van der Waals surface area contributed by atoms with Crippen molar-refractivity contribution in [1.82, 2.24) is 5.32 Å². The number of methoxy groups -OCH3 is 1. The Labute approximate surface area is 125 Å². The average molecular weight is 293 g/mol. The monoisotopic (exact) mass is 293 g/mol. The maximum atomic E-state index is 12.2. The van der Waals surface area contributed by atoms with Gasteiger partial charge in [-0.05, 0) is 24.1 Å². The highest BCUT2D eigenvalue weighted by atomic mass is 16.5. The normalized spacial score (nSPS) is 11.9. The highest BCUT2D eigenvalue weighted by Crippen LogP contribution is 2.22. The summed E-state index contributed by atoms with van der Waals surface area (Å²) in [5, 5.41) is 2.68. The molecule has 6 heteroatoms. The molecule has 0 heterocycles.